The summed E-state index contributed by atoms with van der Waals surface area (Å²) in [6.07, 6.45) is 1.85. The first-order valence-corrected chi connectivity index (χ1v) is 4.85. The molecule has 0 aromatic carbocycles. The van der Waals surface area contributed by atoms with Crippen molar-refractivity contribution < 1.29 is 0 Å². The molecule has 58 valence electrons. The number of nitrogens with zero attached hydrogens (tertiary/aromatic N) is 2. The summed E-state index contributed by atoms with van der Waals surface area (Å²) < 4.78 is 2.25. The first-order chi connectivity index (χ1) is 5.20. The molecule has 1 heterocycles. The van der Waals surface area contributed by atoms with Crippen molar-refractivity contribution >= 4 is 23.3 Å². The molecule has 5 heteroatoms. The third-order valence-electron chi connectivity index (χ3n) is 1.22. The molecule has 0 aliphatic heterocycles. The fourth-order valence-corrected chi connectivity index (χ4v) is 2.31. The summed E-state index contributed by atoms with van der Waals surface area (Å²) in [5.41, 5.74) is 0.0758. The van der Waals surface area contributed by atoms with Gasteiger partial charge in [0.2, 0.25) is 0 Å². The van der Waals surface area contributed by atoms with Crippen LogP contribution in [0.4, 0.5) is 0 Å². The number of rotatable bonds is 1. The molecule has 0 saturated heterocycles. The SMILES string of the molecule is CSc1sn(C)c(=O)c1C#N. The molecule has 0 radical (unpaired) electrons. The average molecular weight is 186 g/mol. The molecule has 0 amide bonds. The Labute approximate surface area is 72.4 Å². The Bertz CT molecular complexity index is 358. The van der Waals surface area contributed by atoms with Crippen LogP contribution in [0.1, 0.15) is 5.56 Å². The second-order valence-electron chi connectivity index (χ2n) is 1.87. The molecular formula is C6H6N2OS2. The van der Waals surface area contributed by atoms with Crippen molar-refractivity contribution in [2.75, 3.05) is 6.26 Å². The smallest absolute Gasteiger partial charge is 0.267 e. The average Bonchev–Trinajstić information content (AvgIpc) is 2.28. The van der Waals surface area contributed by atoms with E-state index in [1.807, 2.05) is 12.3 Å². The van der Waals surface area contributed by atoms with E-state index in [-0.39, 0.29) is 11.1 Å². The predicted octanol–water partition coefficient (Wildman–Crippen LogP) is 1.04. The van der Waals surface area contributed by atoms with Crippen molar-refractivity contribution in [3.63, 3.8) is 0 Å². The van der Waals surface area contributed by atoms with Crippen LogP contribution in [0, 0.1) is 11.3 Å². The minimum atomic E-state index is -0.193. The molecule has 1 rings (SSSR count). The van der Waals surface area contributed by atoms with Crippen molar-refractivity contribution in [2.24, 2.45) is 7.05 Å². The van der Waals surface area contributed by atoms with Gasteiger partial charge in [-0.1, -0.05) is 0 Å². The third-order valence-corrected chi connectivity index (χ3v) is 3.33. The quantitative estimate of drug-likeness (QED) is 0.616. The van der Waals surface area contributed by atoms with E-state index in [9.17, 15) is 4.79 Å². The molecule has 0 N–H and O–H groups in total. The highest BCUT2D eigenvalue weighted by Gasteiger charge is 2.10. The highest BCUT2D eigenvalue weighted by molar-refractivity contribution is 8.00. The van der Waals surface area contributed by atoms with Crippen molar-refractivity contribution in [3.8, 4) is 6.07 Å². The van der Waals surface area contributed by atoms with Crippen LogP contribution in [0.15, 0.2) is 9.00 Å². The van der Waals surface area contributed by atoms with Gasteiger partial charge in [0.25, 0.3) is 5.56 Å². The molecule has 0 spiro atoms. The van der Waals surface area contributed by atoms with E-state index in [2.05, 4.69) is 0 Å². The maximum absolute atomic E-state index is 11.1. The van der Waals surface area contributed by atoms with Crippen LogP contribution in [-0.4, -0.2) is 10.2 Å². The summed E-state index contributed by atoms with van der Waals surface area (Å²) in [4.78, 5) is 11.1. The van der Waals surface area contributed by atoms with Gasteiger partial charge in [-0.15, -0.1) is 11.8 Å². The first-order valence-electron chi connectivity index (χ1n) is 2.85. The predicted molar refractivity (Wildman–Crippen MR) is 46.1 cm³/mol. The molecule has 1 aromatic rings. The van der Waals surface area contributed by atoms with E-state index >= 15 is 0 Å². The fraction of sp³-hybridized carbons (Fsp3) is 0.333. The maximum atomic E-state index is 11.1. The lowest BCUT2D eigenvalue weighted by Crippen LogP contribution is -2.10. The second kappa shape index (κ2) is 3.11. The van der Waals surface area contributed by atoms with Crippen LogP contribution in [0.2, 0.25) is 0 Å². The lowest BCUT2D eigenvalue weighted by atomic mass is 10.4. The zero-order valence-corrected chi connectivity index (χ0v) is 7.75. The maximum Gasteiger partial charge on any atom is 0.279 e. The summed E-state index contributed by atoms with van der Waals surface area (Å²) in [6, 6.07) is 1.89. The number of nitriles is 1. The summed E-state index contributed by atoms with van der Waals surface area (Å²) >= 11 is 2.74. The van der Waals surface area contributed by atoms with Gasteiger partial charge < -0.3 is 0 Å². The van der Waals surface area contributed by atoms with Crippen molar-refractivity contribution in [1.29, 1.82) is 5.26 Å². The Morgan fingerprint density at radius 1 is 1.73 bits per heavy atom. The number of aromatic nitrogens is 1. The standard InChI is InChI=1S/C6H6N2OS2/c1-8-5(9)4(3-7)6(10-2)11-8/h1-2H3. The molecule has 11 heavy (non-hydrogen) atoms. The number of hydrogen-bond acceptors (Lipinski definition) is 4. The van der Waals surface area contributed by atoms with Gasteiger partial charge in [-0.2, -0.15) is 5.26 Å². The molecule has 1 aromatic heterocycles. The fourth-order valence-electron chi connectivity index (χ4n) is 0.689. The molecule has 0 saturated carbocycles. The molecule has 0 unspecified atom stereocenters. The topological polar surface area (TPSA) is 45.8 Å². The van der Waals surface area contributed by atoms with Gasteiger partial charge in [-0.25, -0.2) is 0 Å². The molecule has 0 atom stereocenters. The van der Waals surface area contributed by atoms with Crippen LogP contribution >= 0.6 is 23.3 Å². The van der Waals surface area contributed by atoms with Gasteiger partial charge in [0.15, 0.2) is 0 Å². The Morgan fingerprint density at radius 3 is 2.73 bits per heavy atom. The first kappa shape index (κ1) is 8.37. The summed E-state index contributed by atoms with van der Waals surface area (Å²) in [6.45, 7) is 0. The van der Waals surface area contributed by atoms with Crippen molar-refractivity contribution in [3.05, 3.63) is 15.9 Å². The van der Waals surface area contributed by atoms with Crippen molar-refractivity contribution in [2.45, 2.75) is 4.21 Å². The Balaban J connectivity index is 3.42. The summed E-state index contributed by atoms with van der Waals surface area (Å²) in [5.74, 6) is 0. The van der Waals surface area contributed by atoms with Crippen LogP contribution in [-0.2, 0) is 7.05 Å². The summed E-state index contributed by atoms with van der Waals surface area (Å²) in [5, 5.41) is 8.57. The summed E-state index contributed by atoms with van der Waals surface area (Å²) in [7, 11) is 1.66. The largest absolute Gasteiger partial charge is 0.279 e. The molecular weight excluding hydrogens is 180 g/mol. The van der Waals surface area contributed by atoms with E-state index in [1.165, 1.54) is 27.3 Å². The number of hydrogen-bond donors (Lipinski definition) is 0. The lowest BCUT2D eigenvalue weighted by molar-refractivity contribution is 0.976. The Hall–Kier alpha value is -0.730. The van der Waals surface area contributed by atoms with Gasteiger partial charge >= 0.3 is 0 Å². The molecule has 0 aliphatic carbocycles. The lowest BCUT2D eigenvalue weighted by Gasteiger charge is -1.83. The van der Waals surface area contributed by atoms with Crippen LogP contribution in [0.25, 0.3) is 0 Å². The van der Waals surface area contributed by atoms with Crippen LogP contribution < -0.4 is 5.56 Å². The zero-order chi connectivity index (χ0) is 8.43. The minimum absolute atomic E-state index is 0.193. The number of aryl methyl sites for hydroxylation is 1. The van der Waals surface area contributed by atoms with Crippen molar-refractivity contribution in [1.82, 2.24) is 3.96 Å². The Morgan fingerprint density at radius 2 is 2.36 bits per heavy atom. The zero-order valence-electron chi connectivity index (χ0n) is 6.12. The van der Waals surface area contributed by atoms with Gasteiger partial charge in [-0.05, 0) is 17.8 Å². The minimum Gasteiger partial charge on any atom is -0.267 e. The monoisotopic (exact) mass is 186 g/mol. The van der Waals surface area contributed by atoms with E-state index in [0.717, 1.165) is 4.21 Å². The highest BCUT2D eigenvalue weighted by atomic mass is 32.2. The van der Waals surface area contributed by atoms with Gasteiger partial charge in [0, 0.05) is 7.05 Å². The van der Waals surface area contributed by atoms with E-state index in [1.54, 1.807) is 7.05 Å². The van der Waals surface area contributed by atoms with Crippen LogP contribution in [0.3, 0.4) is 0 Å². The number of thioether (sulfide) groups is 1. The Kier molecular flexibility index (Phi) is 2.37. The van der Waals surface area contributed by atoms with Gasteiger partial charge in [-0.3, -0.25) is 8.75 Å². The molecule has 0 aliphatic rings. The normalized spacial score (nSPS) is 9.55. The van der Waals surface area contributed by atoms with E-state index < -0.39 is 0 Å². The molecule has 0 bridgehead atoms. The molecule has 0 fully saturated rings. The van der Waals surface area contributed by atoms with E-state index in [0.29, 0.717) is 0 Å². The second-order valence-corrected chi connectivity index (χ2v) is 4.09. The third kappa shape index (κ3) is 1.32. The molecule has 3 nitrogen and oxygen atoms in total. The highest BCUT2D eigenvalue weighted by Crippen LogP contribution is 2.21. The van der Waals surface area contributed by atoms with Crippen LogP contribution in [0.5, 0.6) is 0 Å². The van der Waals surface area contributed by atoms with Gasteiger partial charge in [0.1, 0.15) is 15.8 Å². The van der Waals surface area contributed by atoms with Gasteiger partial charge in [0.05, 0.1) is 0 Å². The van der Waals surface area contributed by atoms with E-state index in [4.69, 9.17) is 5.26 Å².